The summed E-state index contributed by atoms with van der Waals surface area (Å²) in [5, 5.41) is 2.85. The van der Waals surface area contributed by atoms with Gasteiger partial charge in [0.15, 0.2) is 0 Å². The van der Waals surface area contributed by atoms with Gasteiger partial charge in [0.05, 0.1) is 5.54 Å². The fraction of sp³-hybridized carbons (Fsp3) is 0.652. The summed E-state index contributed by atoms with van der Waals surface area (Å²) in [7, 11) is 1.91. The van der Waals surface area contributed by atoms with Gasteiger partial charge in [0.25, 0.3) is 0 Å². The molecule has 5 nitrogen and oxygen atoms in total. The van der Waals surface area contributed by atoms with Crippen LogP contribution in [0.1, 0.15) is 53.4 Å². The normalized spacial score (nSPS) is 32.5. The molecule has 154 valence electrons. The Kier molecular flexibility index (Phi) is 5.74. The molecule has 1 aliphatic heterocycles. The summed E-state index contributed by atoms with van der Waals surface area (Å²) in [5.74, 6) is 1.21. The minimum atomic E-state index is -0.360. The highest BCUT2D eigenvalue weighted by Crippen LogP contribution is 2.43. The molecule has 2 saturated carbocycles. The van der Waals surface area contributed by atoms with Crippen molar-refractivity contribution in [2.45, 2.75) is 65.0 Å². The van der Waals surface area contributed by atoms with E-state index in [2.05, 4.69) is 51.7 Å². The van der Waals surface area contributed by atoms with E-state index in [-0.39, 0.29) is 23.5 Å². The van der Waals surface area contributed by atoms with E-state index in [0.29, 0.717) is 37.3 Å². The first-order valence-corrected chi connectivity index (χ1v) is 10.4. The molecule has 2 aliphatic carbocycles. The number of rotatable bonds is 6. The van der Waals surface area contributed by atoms with Crippen LogP contribution in [0.5, 0.6) is 0 Å². The van der Waals surface area contributed by atoms with Crippen LogP contribution in [0.15, 0.2) is 35.5 Å². The zero-order valence-corrected chi connectivity index (χ0v) is 17.9. The van der Waals surface area contributed by atoms with E-state index in [4.69, 9.17) is 4.74 Å². The molecule has 1 spiro atoms. The van der Waals surface area contributed by atoms with E-state index in [1.807, 2.05) is 11.9 Å². The Labute approximate surface area is 168 Å². The van der Waals surface area contributed by atoms with Crippen molar-refractivity contribution in [2.24, 2.45) is 17.8 Å². The van der Waals surface area contributed by atoms with E-state index in [9.17, 15) is 9.59 Å². The average molecular weight is 387 g/mol. The Morgan fingerprint density at radius 2 is 1.89 bits per heavy atom. The third kappa shape index (κ3) is 4.18. The molecule has 5 heteroatoms. The van der Waals surface area contributed by atoms with Gasteiger partial charge < -0.3 is 15.0 Å². The number of allylic oxidation sites excluding steroid dienone is 5. The Morgan fingerprint density at radius 1 is 1.25 bits per heavy atom. The summed E-state index contributed by atoms with van der Waals surface area (Å²) in [4.78, 5) is 25.9. The molecule has 0 atom stereocenters. The van der Waals surface area contributed by atoms with Crippen molar-refractivity contribution in [2.75, 3.05) is 13.7 Å². The maximum absolute atomic E-state index is 12.8. The molecule has 0 radical (unpaired) electrons. The molecule has 3 rings (SSSR count). The Balaban J connectivity index is 1.45. The Bertz CT molecular complexity index is 722. The number of amides is 2. The molecule has 0 unspecified atom stereocenters. The van der Waals surface area contributed by atoms with Crippen molar-refractivity contribution in [1.29, 1.82) is 0 Å². The maximum atomic E-state index is 12.8. The van der Waals surface area contributed by atoms with Gasteiger partial charge in [-0.15, -0.1) is 0 Å². The molecule has 1 N–H and O–H groups in total. The Morgan fingerprint density at radius 3 is 2.43 bits per heavy atom. The lowest BCUT2D eigenvalue weighted by atomic mass is 9.67. The van der Waals surface area contributed by atoms with Crippen LogP contribution in [-0.4, -0.2) is 42.1 Å². The third-order valence-corrected chi connectivity index (χ3v) is 6.78. The first kappa shape index (κ1) is 20.7. The van der Waals surface area contributed by atoms with Gasteiger partial charge in [-0.1, -0.05) is 49.3 Å². The van der Waals surface area contributed by atoms with Gasteiger partial charge in [0, 0.05) is 19.0 Å². The third-order valence-electron chi connectivity index (χ3n) is 6.78. The summed E-state index contributed by atoms with van der Waals surface area (Å²) >= 11 is 0. The van der Waals surface area contributed by atoms with Crippen LogP contribution in [0, 0.1) is 17.8 Å². The highest BCUT2D eigenvalue weighted by Gasteiger charge is 2.53. The van der Waals surface area contributed by atoms with Crippen LogP contribution in [0.4, 0.5) is 4.79 Å². The smallest absolute Gasteiger partial charge is 0.407 e. The number of nitrogens with one attached hydrogen (secondary N) is 1. The second kappa shape index (κ2) is 7.76. The molecule has 0 aromatic rings. The minimum absolute atomic E-state index is 0.000498. The molecule has 28 heavy (non-hydrogen) atoms. The molecule has 2 amide bonds. The number of nitrogens with zero attached hydrogens (tertiary/aromatic N) is 1. The predicted molar refractivity (Wildman–Crippen MR) is 111 cm³/mol. The van der Waals surface area contributed by atoms with E-state index in [1.54, 1.807) is 0 Å². The van der Waals surface area contributed by atoms with Gasteiger partial charge in [-0.3, -0.25) is 4.79 Å². The van der Waals surface area contributed by atoms with Gasteiger partial charge in [0.2, 0.25) is 5.91 Å². The first-order valence-electron chi connectivity index (χ1n) is 10.4. The van der Waals surface area contributed by atoms with Gasteiger partial charge in [0.1, 0.15) is 6.61 Å². The SMILES string of the molecule is C=C(/C=C(C)\C=C(/C)C(C)C)C1CC(N(C)C(=O)C2CC3(COC(=O)N3)C2)C1. The molecule has 1 heterocycles. The van der Waals surface area contributed by atoms with Crippen molar-refractivity contribution >= 4 is 12.0 Å². The number of hydrogen-bond donors (Lipinski definition) is 1. The number of ether oxygens (including phenoxy) is 1. The fourth-order valence-electron chi connectivity index (χ4n) is 4.42. The quantitative estimate of drug-likeness (QED) is 0.696. The van der Waals surface area contributed by atoms with Crippen molar-refractivity contribution in [3.63, 3.8) is 0 Å². The Hall–Kier alpha value is -2.04. The molecular formula is C23H34N2O3. The highest BCUT2D eigenvalue weighted by atomic mass is 16.6. The molecule has 0 aromatic carbocycles. The lowest BCUT2D eigenvalue weighted by Crippen LogP contribution is -2.59. The lowest BCUT2D eigenvalue weighted by Gasteiger charge is -2.47. The standard InChI is InChI=1S/C23H34N2O3/c1-14(2)16(4)7-15(3)8-17(5)18-9-20(10-18)25(6)21(26)19-11-23(12-19)13-28-22(27)24-23/h7-8,14,18-20H,5,9-13H2,1-4,6H3,(H,24,27)/b15-8-,16-7+. The van der Waals surface area contributed by atoms with Crippen LogP contribution in [-0.2, 0) is 9.53 Å². The van der Waals surface area contributed by atoms with Gasteiger partial charge >= 0.3 is 6.09 Å². The zero-order valence-electron chi connectivity index (χ0n) is 17.9. The predicted octanol–water partition coefficient (Wildman–Crippen LogP) is 4.22. The fourth-order valence-corrected chi connectivity index (χ4v) is 4.42. The summed E-state index contributed by atoms with van der Waals surface area (Å²) < 4.78 is 4.99. The molecular weight excluding hydrogens is 352 g/mol. The molecule has 0 bridgehead atoms. The second-order valence-corrected chi connectivity index (χ2v) is 9.36. The average Bonchev–Trinajstić information content (AvgIpc) is 2.93. The van der Waals surface area contributed by atoms with Crippen molar-refractivity contribution in [3.8, 4) is 0 Å². The summed E-state index contributed by atoms with van der Waals surface area (Å²) in [5.41, 5.74) is 3.49. The van der Waals surface area contributed by atoms with Crippen LogP contribution < -0.4 is 5.32 Å². The van der Waals surface area contributed by atoms with E-state index in [1.165, 1.54) is 11.1 Å². The summed E-state index contributed by atoms with van der Waals surface area (Å²) in [6.07, 6.45) is 7.40. The molecule has 1 saturated heterocycles. The van der Waals surface area contributed by atoms with Crippen molar-refractivity contribution in [1.82, 2.24) is 10.2 Å². The number of hydrogen-bond acceptors (Lipinski definition) is 3. The monoisotopic (exact) mass is 386 g/mol. The largest absolute Gasteiger partial charge is 0.447 e. The number of alkyl carbamates (subject to hydrolysis) is 1. The first-order chi connectivity index (χ1) is 13.1. The summed E-state index contributed by atoms with van der Waals surface area (Å²) in [6, 6.07) is 0.293. The summed E-state index contributed by atoms with van der Waals surface area (Å²) in [6.45, 7) is 13.3. The van der Waals surface area contributed by atoms with Crippen LogP contribution in [0.3, 0.4) is 0 Å². The minimum Gasteiger partial charge on any atom is -0.447 e. The van der Waals surface area contributed by atoms with Gasteiger partial charge in [-0.05, 0) is 51.4 Å². The second-order valence-electron chi connectivity index (χ2n) is 9.36. The van der Waals surface area contributed by atoms with E-state index >= 15 is 0 Å². The van der Waals surface area contributed by atoms with E-state index in [0.717, 1.165) is 18.4 Å². The number of carbonyl (C=O) groups excluding carboxylic acids is 2. The lowest BCUT2D eigenvalue weighted by molar-refractivity contribution is -0.144. The molecule has 3 aliphatic rings. The van der Waals surface area contributed by atoms with Crippen molar-refractivity contribution < 1.29 is 14.3 Å². The van der Waals surface area contributed by atoms with Gasteiger partial charge in [-0.25, -0.2) is 4.79 Å². The number of cyclic esters (lactones) is 1. The van der Waals surface area contributed by atoms with Crippen LogP contribution >= 0.6 is 0 Å². The van der Waals surface area contributed by atoms with Crippen LogP contribution in [0.25, 0.3) is 0 Å². The highest BCUT2D eigenvalue weighted by molar-refractivity contribution is 5.81. The molecule has 3 fully saturated rings. The zero-order chi connectivity index (χ0) is 20.6. The molecule has 0 aromatic heterocycles. The van der Waals surface area contributed by atoms with E-state index < -0.39 is 0 Å². The topological polar surface area (TPSA) is 58.6 Å². The van der Waals surface area contributed by atoms with Crippen molar-refractivity contribution in [3.05, 3.63) is 35.5 Å². The number of carbonyl (C=O) groups is 2. The van der Waals surface area contributed by atoms with Gasteiger partial charge in [-0.2, -0.15) is 0 Å². The van der Waals surface area contributed by atoms with Crippen LogP contribution in [0.2, 0.25) is 0 Å². The maximum Gasteiger partial charge on any atom is 0.407 e.